The normalized spacial score (nSPS) is 10.6. The summed E-state index contributed by atoms with van der Waals surface area (Å²) in [6.45, 7) is 1.57. The Balaban J connectivity index is 2.17. The Morgan fingerprint density at radius 3 is 2.45 bits per heavy atom. The Morgan fingerprint density at radius 1 is 1.20 bits per heavy atom. The lowest BCUT2D eigenvalue weighted by Gasteiger charge is -2.07. The second kappa shape index (κ2) is 5.28. The topological polar surface area (TPSA) is 62.5 Å². The highest BCUT2D eigenvalue weighted by atomic mass is 19.2. The van der Waals surface area contributed by atoms with Crippen molar-refractivity contribution < 1.29 is 27.5 Å². The molecule has 1 aromatic carbocycles. The molecule has 0 aliphatic rings. The lowest BCUT2D eigenvalue weighted by atomic mass is 10.2. The van der Waals surface area contributed by atoms with Gasteiger partial charge in [-0.3, -0.25) is 0 Å². The largest absolute Gasteiger partial charge is 0.475 e. The van der Waals surface area contributed by atoms with E-state index < -0.39 is 23.4 Å². The number of carboxylic acids is 1. The molecule has 0 fully saturated rings. The lowest BCUT2D eigenvalue weighted by Crippen LogP contribution is -2.03. The summed E-state index contributed by atoms with van der Waals surface area (Å²) in [5.74, 6) is -4.52. The van der Waals surface area contributed by atoms with Crippen molar-refractivity contribution in [3.05, 3.63) is 52.7 Å². The first kappa shape index (κ1) is 14.0. The van der Waals surface area contributed by atoms with Crippen molar-refractivity contribution in [1.29, 1.82) is 0 Å². The molecule has 0 aliphatic heterocycles. The van der Waals surface area contributed by atoms with E-state index in [1.807, 2.05) is 0 Å². The Labute approximate surface area is 111 Å². The zero-order valence-corrected chi connectivity index (χ0v) is 10.3. The monoisotopic (exact) mass is 285 g/mol. The molecule has 0 saturated carbocycles. The smallest absolute Gasteiger partial charge is 0.371 e. The molecule has 1 heterocycles. The van der Waals surface area contributed by atoms with Crippen LogP contribution in [-0.2, 0) is 6.54 Å². The van der Waals surface area contributed by atoms with Gasteiger partial charge in [0.05, 0.1) is 5.69 Å². The number of rotatable bonds is 4. The highest BCUT2D eigenvalue weighted by Crippen LogP contribution is 2.21. The average molecular weight is 285 g/mol. The fourth-order valence-electron chi connectivity index (χ4n) is 1.65. The number of carboxylic acid groups (broad SMARTS) is 1. The number of aryl methyl sites for hydroxylation is 1. The summed E-state index contributed by atoms with van der Waals surface area (Å²) in [6.07, 6.45) is 0. The maximum absolute atomic E-state index is 13.4. The Bertz CT molecular complexity index is 667. The van der Waals surface area contributed by atoms with Crippen LogP contribution in [0.3, 0.4) is 0 Å². The van der Waals surface area contributed by atoms with E-state index in [1.165, 1.54) is 6.07 Å². The van der Waals surface area contributed by atoms with Crippen molar-refractivity contribution in [3.63, 3.8) is 0 Å². The van der Waals surface area contributed by atoms with Crippen molar-refractivity contribution in [2.45, 2.75) is 13.5 Å². The van der Waals surface area contributed by atoms with Crippen molar-refractivity contribution in [2.75, 3.05) is 5.32 Å². The fraction of sp³-hybridized carbons (Fsp3) is 0.154. The minimum absolute atomic E-state index is 0.0185. The van der Waals surface area contributed by atoms with Crippen LogP contribution in [-0.4, -0.2) is 11.1 Å². The van der Waals surface area contributed by atoms with Crippen LogP contribution < -0.4 is 5.32 Å². The number of carbonyl (C=O) groups is 1. The van der Waals surface area contributed by atoms with E-state index in [0.29, 0.717) is 23.5 Å². The number of benzene rings is 1. The summed E-state index contributed by atoms with van der Waals surface area (Å²) in [4.78, 5) is 10.7. The summed E-state index contributed by atoms with van der Waals surface area (Å²) in [5.41, 5.74) is 0.257. The van der Waals surface area contributed by atoms with E-state index in [2.05, 4.69) is 5.32 Å². The first-order valence-corrected chi connectivity index (χ1v) is 5.59. The van der Waals surface area contributed by atoms with Crippen molar-refractivity contribution in [2.24, 2.45) is 0 Å². The zero-order valence-electron chi connectivity index (χ0n) is 10.3. The van der Waals surface area contributed by atoms with Crippen LogP contribution in [0.25, 0.3) is 0 Å². The number of halogens is 3. The standard InChI is InChI=1S/C13H10F3NO3/c1-6-7(2-12(20-6)13(18)19)5-17-11-4-9(15)8(14)3-10(11)16/h2-4,17H,5H2,1H3,(H,18,19). The molecule has 106 valence electrons. The minimum Gasteiger partial charge on any atom is -0.475 e. The van der Waals surface area contributed by atoms with Crippen LogP contribution >= 0.6 is 0 Å². The first-order chi connectivity index (χ1) is 9.38. The van der Waals surface area contributed by atoms with Gasteiger partial charge in [-0.15, -0.1) is 0 Å². The van der Waals surface area contributed by atoms with Gasteiger partial charge in [0.1, 0.15) is 11.6 Å². The summed E-state index contributed by atoms with van der Waals surface area (Å²) in [6, 6.07) is 2.41. The van der Waals surface area contributed by atoms with Gasteiger partial charge in [-0.1, -0.05) is 0 Å². The van der Waals surface area contributed by atoms with Gasteiger partial charge in [-0.2, -0.15) is 0 Å². The van der Waals surface area contributed by atoms with Crippen molar-refractivity contribution >= 4 is 11.7 Å². The van der Waals surface area contributed by atoms with Gasteiger partial charge in [-0.05, 0) is 13.0 Å². The van der Waals surface area contributed by atoms with Crippen LogP contribution in [0.1, 0.15) is 21.9 Å². The number of aromatic carboxylic acids is 1. The molecular formula is C13H10F3NO3. The third-order valence-corrected chi connectivity index (χ3v) is 2.71. The van der Waals surface area contributed by atoms with E-state index in [0.717, 1.165) is 0 Å². The molecule has 0 unspecified atom stereocenters. The summed E-state index contributed by atoms with van der Waals surface area (Å²) in [5, 5.41) is 11.3. The molecule has 0 aliphatic carbocycles. The van der Waals surface area contributed by atoms with Gasteiger partial charge in [0, 0.05) is 24.2 Å². The Kier molecular flexibility index (Phi) is 3.69. The van der Waals surface area contributed by atoms with E-state index in [4.69, 9.17) is 9.52 Å². The quantitative estimate of drug-likeness (QED) is 0.846. The highest BCUT2D eigenvalue weighted by Gasteiger charge is 2.14. The van der Waals surface area contributed by atoms with E-state index >= 15 is 0 Å². The second-order valence-electron chi connectivity index (χ2n) is 4.10. The number of nitrogens with one attached hydrogen (secondary N) is 1. The molecule has 4 nitrogen and oxygen atoms in total. The SMILES string of the molecule is Cc1oc(C(=O)O)cc1CNc1cc(F)c(F)cc1F. The van der Waals surface area contributed by atoms with Crippen LogP contribution in [0.5, 0.6) is 0 Å². The molecule has 0 amide bonds. The van der Waals surface area contributed by atoms with E-state index in [9.17, 15) is 18.0 Å². The molecule has 2 N–H and O–H groups in total. The predicted molar refractivity (Wildman–Crippen MR) is 64.0 cm³/mol. The van der Waals surface area contributed by atoms with Crippen molar-refractivity contribution in [1.82, 2.24) is 0 Å². The van der Waals surface area contributed by atoms with Crippen molar-refractivity contribution in [3.8, 4) is 0 Å². The Morgan fingerprint density at radius 2 is 1.85 bits per heavy atom. The number of anilines is 1. The second-order valence-corrected chi connectivity index (χ2v) is 4.10. The van der Waals surface area contributed by atoms with E-state index in [-0.39, 0.29) is 18.0 Å². The summed E-state index contributed by atoms with van der Waals surface area (Å²) < 4.78 is 44.1. The zero-order chi connectivity index (χ0) is 14.9. The van der Waals surface area contributed by atoms with Crippen LogP contribution in [0, 0.1) is 24.4 Å². The molecule has 20 heavy (non-hydrogen) atoms. The molecule has 0 radical (unpaired) electrons. The molecular weight excluding hydrogens is 275 g/mol. The van der Waals surface area contributed by atoms with Gasteiger partial charge in [0.2, 0.25) is 5.76 Å². The van der Waals surface area contributed by atoms with Gasteiger partial charge in [-0.25, -0.2) is 18.0 Å². The molecule has 0 atom stereocenters. The molecule has 2 aromatic rings. The van der Waals surface area contributed by atoms with Crippen LogP contribution in [0.4, 0.5) is 18.9 Å². The number of hydrogen-bond donors (Lipinski definition) is 2. The van der Waals surface area contributed by atoms with Gasteiger partial charge in [0.25, 0.3) is 0 Å². The van der Waals surface area contributed by atoms with Gasteiger partial charge < -0.3 is 14.8 Å². The third-order valence-electron chi connectivity index (χ3n) is 2.71. The summed E-state index contributed by atoms with van der Waals surface area (Å²) >= 11 is 0. The molecule has 2 rings (SSSR count). The molecule has 0 spiro atoms. The molecule has 1 aromatic heterocycles. The maximum atomic E-state index is 13.4. The Hall–Kier alpha value is -2.44. The van der Waals surface area contributed by atoms with E-state index in [1.54, 1.807) is 6.92 Å². The minimum atomic E-state index is -1.28. The highest BCUT2D eigenvalue weighted by molar-refractivity contribution is 5.84. The molecule has 0 saturated heterocycles. The van der Waals surface area contributed by atoms with Crippen LogP contribution in [0.15, 0.2) is 22.6 Å². The maximum Gasteiger partial charge on any atom is 0.371 e. The van der Waals surface area contributed by atoms with Gasteiger partial charge >= 0.3 is 5.97 Å². The average Bonchev–Trinajstić information content (AvgIpc) is 2.74. The number of hydrogen-bond acceptors (Lipinski definition) is 3. The van der Waals surface area contributed by atoms with Gasteiger partial charge in [0.15, 0.2) is 11.6 Å². The van der Waals surface area contributed by atoms with Crippen LogP contribution in [0.2, 0.25) is 0 Å². The third kappa shape index (κ3) is 2.76. The molecule has 0 bridgehead atoms. The number of furan rings is 1. The summed E-state index contributed by atoms with van der Waals surface area (Å²) in [7, 11) is 0. The first-order valence-electron chi connectivity index (χ1n) is 5.59. The fourth-order valence-corrected chi connectivity index (χ4v) is 1.65. The molecule has 7 heteroatoms. The lowest BCUT2D eigenvalue weighted by molar-refractivity contribution is 0.0661. The predicted octanol–water partition coefficient (Wildman–Crippen LogP) is 3.32.